The van der Waals surface area contributed by atoms with Crippen molar-refractivity contribution in [3.63, 3.8) is 0 Å². The third-order valence-corrected chi connectivity index (χ3v) is 4.82. The first-order valence-electron chi connectivity index (χ1n) is 8.46. The molecule has 1 aliphatic rings. The number of amides is 1. The van der Waals surface area contributed by atoms with Crippen LogP contribution in [-0.2, 0) is 11.2 Å². The summed E-state index contributed by atoms with van der Waals surface area (Å²) in [4.78, 5) is 16.7. The van der Waals surface area contributed by atoms with Crippen LogP contribution in [0.25, 0.3) is 11.4 Å². The lowest BCUT2D eigenvalue weighted by Gasteiger charge is -2.19. The van der Waals surface area contributed by atoms with Crippen molar-refractivity contribution in [1.29, 1.82) is 0 Å². The Labute approximate surface area is 164 Å². The van der Waals surface area contributed by atoms with Crippen LogP contribution in [0.15, 0.2) is 40.9 Å². The van der Waals surface area contributed by atoms with Gasteiger partial charge in [0.25, 0.3) is 0 Å². The molecule has 0 fully saturated rings. The minimum atomic E-state index is -0.117. The van der Waals surface area contributed by atoms with E-state index in [1.54, 1.807) is 0 Å². The molecule has 138 valence electrons. The Morgan fingerprint density at radius 2 is 1.89 bits per heavy atom. The van der Waals surface area contributed by atoms with Crippen molar-refractivity contribution in [2.75, 3.05) is 18.5 Å². The van der Waals surface area contributed by atoms with E-state index in [4.69, 9.17) is 9.47 Å². The third kappa shape index (κ3) is 3.95. The highest BCUT2D eigenvalue weighted by atomic mass is 79.9. The number of anilines is 1. The van der Waals surface area contributed by atoms with E-state index in [0.29, 0.717) is 36.2 Å². The zero-order chi connectivity index (χ0) is 18.8. The van der Waals surface area contributed by atoms with Gasteiger partial charge in [-0.2, -0.15) is 5.10 Å². The molecule has 0 aliphatic carbocycles. The molecular weight excluding hydrogens is 412 g/mol. The molecule has 7 nitrogen and oxygen atoms in total. The van der Waals surface area contributed by atoms with E-state index in [9.17, 15) is 4.79 Å². The summed E-state index contributed by atoms with van der Waals surface area (Å²) in [5.41, 5.74) is 2.43. The highest BCUT2D eigenvalue weighted by molar-refractivity contribution is 9.10. The molecule has 1 amide bonds. The predicted octanol–water partition coefficient (Wildman–Crippen LogP) is 3.50. The van der Waals surface area contributed by atoms with Gasteiger partial charge in [0.15, 0.2) is 17.3 Å². The zero-order valence-electron chi connectivity index (χ0n) is 14.6. The predicted molar refractivity (Wildman–Crippen MR) is 104 cm³/mol. The average Bonchev–Trinajstić information content (AvgIpc) is 3.09. The minimum absolute atomic E-state index is 0.117. The molecule has 4 rings (SSSR count). The zero-order valence-corrected chi connectivity index (χ0v) is 16.2. The minimum Gasteiger partial charge on any atom is -0.486 e. The molecule has 1 aromatic heterocycles. The van der Waals surface area contributed by atoms with E-state index in [1.165, 1.54) is 0 Å². The van der Waals surface area contributed by atoms with Gasteiger partial charge in [-0.25, -0.2) is 4.98 Å². The van der Waals surface area contributed by atoms with Gasteiger partial charge in [-0.3, -0.25) is 9.89 Å². The molecule has 0 unspecified atom stereocenters. The molecule has 0 bridgehead atoms. The Morgan fingerprint density at radius 1 is 1.19 bits per heavy atom. The molecule has 2 aromatic carbocycles. The topological polar surface area (TPSA) is 89.1 Å². The molecule has 3 aromatic rings. The van der Waals surface area contributed by atoms with Crippen molar-refractivity contribution >= 4 is 27.5 Å². The maximum absolute atomic E-state index is 12.4. The number of benzene rings is 2. The molecular formula is C19H17BrN4O3. The number of carbonyl (C=O) groups excluding carboxylic acids is 1. The van der Waals surface area contributed by atoms with Crippen LogP contribution in [0.4, 0.5) is 5.69 Å². The normalized spacial score (nSPS) is 12.7. The summed E-state index contributed by atoms with van der Waals surface area (Å²) in [6.45, 7) is 2.89. The third-order valence-electron chi connectivity index (χ3n) is 4.09. The molecule has 27 heavy (non-hydrogen) atoms. The van der Waals surface area contributed by atoms with Crippen LogP contribution in [-0.4, -0.2) is 34.3 Å². The highest BCUT2D eigenvalue weighted by Crippen LogP contribution is 2.35. The SMILES string of the molecule is Cc1nc(-c2ccc(NC(=O)Cc3cc4c(cc3Br)OCCO4)cc2)n[nH]1. The van der Waals surface area contributed by atoms with Gasteiger partial charge < -0.3 is 14.8 Å². The van der Waals surface area contributed by atoms with E-state index < -0.39 is 0 Å². The molecule has 1 aliphatic heterocycles. The fraction of sp³-hybridized carbons (Fsp3) is 0.211. The first kappa shape index (κ1) is 17.5. The summed E-state index contributed by atoms with van der Waals surface area (Å²) < 4.78 is 11.9. The van der Waals surface area contributed by atoms with Crippen molar-refractivity contribution in [2.24, 2.45) is 0 Å². The Balaban J connectivity index is 1.43. The van der Waals surface area contributed by atoms with Crippen LogP contribution in [0, 0.1) is 6.92 Å². The van der Waals surface area contributed by atoms with E-state index in [1.807, 2.05) is 43.3 Å². The number of hydrogen-bond acceptors (Lipinski definition) is 5. The first-order valence-corrected chi connectivity index (χ1v) is 9.25. The number of aryl methyl sites for hydroxylation is 1. The van der Waals surface area contributed by atoms with E-state index in [0.717, 1.165) is 21.4 Å². The van der Waals surface area contributed by atoms with Crippen molar-refractivity contribution < 1.29 is 14.3 Å². The number of nitrogens with zero attached hydrogens (tertiary/aromatic N) is 2. The van der Waals surface area contributed by atoms with Crippen molar-refractivity contribution in [1.82, 2.24) is 15.2 Å². The molecule has 0 saturated heterocycles. The quantitative estimate of drug-likeness (QED) is 0.663. The van der Waals surface area contributed by atoms with Gasteiger partial charge in [0.2, 0.25) is 5.91 Å². The maximum Gasteiger partial charge on any atom is 0.228 e. The number of rotatable bonds is 4. The van der Waals surface area contributed by atoms with Crippen LogP contribution < -0.4 is 14.8 Å². The summed E-state index contributed by atoms with van der Waals surface area (Å²) in [7, 11) is 0. The first-order chi connectivity index (χ1) is 13.1. The van der Waals surface area contributed by atoms with Gasteiger partial charge >= 0.3 is 0 Å². The molecule has 2 heterocycles. The van der Waals surface area contributed by atoms with Gasteiger partial charge in [0.05, 0.1) is 6.42 Å². The second kappa shape index (κ2) is 7.40. The average molecular weight is 429 g/mol. The lowest BCUT2D eigenvalue weighted by atomic mass is 10.1. The molecule has 0 saturated carbocycles. The molecule has 0 spiro atoms. The van der Waals surface area contributed by atoms with Crippen LogP contribution in [0.3, 0.4) is 0 Å². The molecule has 0 radical (unpaired) electrons. The number of ether oxygens (including phenoxy) is 2. The van der Waals surface area contributed by atoms with Crippen LogP contribution in [0.2, 0.25) is 0 Å². The van der Waals surface area contributed by atoms with Crippen molar-refractivity contribution in [3.8, 4) is 22.9 Å². The monoisotopic (exact) mass is 428 g/mol. The number of aromatic amines is 1. The molecule has 0 atom stereocenters. The van der Waals surface area contributed by atoms with E-state index in [2.05, 4.69) is 36.4 Å². The van der Waals surface area contributed by atoms with Crippen LogP contribution >= 0.6 is 15.9 Å². The largest absolute Gasteiger partial charge is 0.486 e. The molecule has 2 N–H and O–H groups in total. The van der Waals surface area contributed by atoms with Crippen LogP contribution in [0.1, 0.15) is 11.4 Å². The summed E-state index contributed by atoms with van der Waals surface area (Å²) in [5.74, 6) is 2.63. The molecule has 8 heteroatoms. The smallest absolute Gasteiger partial charge is 0.228 e. The fourth-order valence-electron chi connectivity index (χ4n) is 2.79. The Morgan fingerprint density at radius 3 is 2.56 bits per heavy atom. The Hall–Kier alpha value is -2.87. The second-order valence-electron chi connectivity index (χ2n) is 6.13. The highest BCUT2D eigenvalue weighted by Gasteiger charge is 2.16. The van der Waals surface area contributed by atoms with E-state index >= 15 is 0 Å². The number of halogens is 1. The number of fused-ring (bicyclic) bond motifs is 1. The Bertz CT molecular complexity index is 985. The van der Waals surface area contributed by atoms with E-state index in [-0.39, 0.29) is 12.3 Å². The van der Waals surface area contributed by atoms with Crippen LogP contribution in [0.5, 0.6) is 11.5 Å². The van der Waals surface area contributed by atoms with Crippen molar-refractivity contribution in [2.45, 2.75) is 13.3 Å². The number of carbonyl (C=O) groups is 1. The number of nitrogens with one attached hydrogen (secondary N) is 2. The number of H-pyrrole nitrogens is 1. The van der Waals surface area contributed by atoms with Gasteiger partial charge in [0.1, 0.15) is 19.0 Å². The summed E-state index contributed by atoms with van der Waals surface area (Å²) in [6.07, 6.45) is 0.221. The fourth-order valence-corrected chi connectivity index (χ4v) is 3.26. The lowest BCUT2D eigenvalue weighted by molar-refractivity contribution is -0.115. The van der Waals surface area contributed by atoms with Gasteiger partial charge in [0, 0.05) is 15.7 Å². The maximum atomic E-state index is 12.4. The van der Waals surface area contributed by atoms with Crippen molar-refractivity contribution in [3.05, 3.63) is 52.3 Å². The summed E-state index contributed by atoms with van der Waals surface area (Å²) in [6, 6.07) is 11.1. The standard InChI is InChI=1S/C19H17BrN4O3/c1-11-21-19(24-23-11)12-2-4-14(5-3-12)22-18(25)9-13-8-16-17(10-15(13)20)27-7-6-26-16/h2-5,8,10H,6-7,9H2,1H3,(H,22,25)(H,21,23,24). The number of hydrogen-bond donors (Lipinski definition) is 2. The van der Waals surface area contributed by atoms with Gasteiger partial charge in [-0.1, -0.05) is 15.9 Å². The van der Waals surface area contributed by atoms with Gasteiger partial charge in [-0.05, 0) is 48.9 Å². The van der Waals surface area contributed by atoms with Gasteiger partial charge in [-0.15, -0.1) is 0 Å². The Kier molecular flexibility index (Phi) is 4.81. The lowest BCUT2D eigenvalue weighted by Crippen LogP contribution is -2.17. The summed E-state index contributed by atoms with van der Waals surface area (Å²) >= 11 is 3.49. The summed E-state index contributed by atoms with van der Waals surface area (Å²) in [5, 5.41) is 9.84. The second-order valence-corrected chi connectivity index (χ2v) is 6.99. The number of aromatic nitrogens is 3.